The second-order valence-corrected chi connectivity index (χ2v) is 8.51. The fourth-order valence-electron chi connectivity index (χ4n) is 3.32. The molecule has 2 aromatic carbocycles. The topological polar surface area (TPSA) is 41.9 Å². The second-order valence-electron chi connectivity index (χ2n) is 7.13. The third-order valence-corrected chi connectivity index (χ3v) is 5.92. The number of hydrogen-bond acceptors (Lipinski definition) is 4. The Kier molecular flexibility index (Phi) is 5.97. The molecule has 148 valence electrons. The molecular formula is C23H21ClN2O2S. The molecule has 1 atom stereocenters. The Balaban J connectivity index is 1.48. The van der Waals surface area contributed by atoms with Gasteiger partial charge in [-0.05, 0) is 41.6 Å². The van der Waals surface area contributed by atoms with Crippen LogP contribution in [0.25, 0.3) is 0 Å². The first kappa shape index (κ1) is 19.7. The first-order valence-corrected chi connectivity index (χ1v) is 10.7. The van der Waals surface area contributed by atoms with Crippen LogP contribution in [0.4, 0.5) is 0 Å². The van der Waals surface area contributed by atoms with Crippen LogP contribution in [0.1, 0.15) is 32.8 Å². The van der Waals surface area contributed by atoms with Crippen molar-refractivity contribution in [2.45, 2.75) is 26.0 Å². The van der Waals surface area contributed by atoms with E-state index in [1.807, 2.05) is 46.7 Å². The van der Waals surface area contributed by atoms with Crippen LogP contribution in [-0.4, -0.2) is 29.2 Å². The van der Waals surface area contributed by atoms with E-state index in [4.69, 9.17) is 16.4 Å². The zero-order valence-corrected chi connectivity index (χ0v) is 17.6. The molecule has 6 heteroatoms. The van der Waals surface area contributed by atoms with Gasteiger partial charge in [0.25, 0.3) is 5.91 Å². The van der Waals surface area contributed by atoms with E-state index in [9.17, 15) is 4.79 Å². The first-order chi connectivity index (χ1) is 14.1. The average molecular weight is 425 g/mol. The van der Waals surface area contributed by atoms with Gasteiger partial charge < -0.3 is 9.74 Å². The van der Waals surface area contributed by atoms with Crippen molar-refractivity contribution in [2.75, 3.05) is 6.54 Å². The molecular weight excluding hydrogens is 404 g/mol. The first-order valence-electron chi connectivity index (χ1n) is 9.45. The Morgan fingerprint density at radius 2 is 2.03 bits per heavy atom. The lowest BCUT2D eigenvalue weighted by atomic mass is 10.0. The number of benzene rings is 2. The quantitative estimate of drug-likeness (QED) is 0.520. The summed E-state index contributed by atoms with van der Waals surface area (Å²) in [5, 5.41) is 6.85. The SMILES string of the molecule is Cc1ccc(C2=NOC(CN(Cc3cccc(Cl)c3)C(=O)c3cccs3)C2)cc1. The van der Waals surface area contributed by atoms with Gasteiger partial charge >= 0.3 is 0 Å². The van der Waals surface area contributed by atoms with Crippen molar-refractivity contribution in [3.05, 3.63) is 92.6 Å². The highest BCUT2D eigenvalue weighted by Crippen LogP contribution is 2.22. The van der Waals surface area contributed by atoms with Crippen LogP contribution in [0.15, 0.2) is 71.2 Å². The Hall–Kier alpha value is -2.63. The summed E-state index contributed by atoms with van der Waals surface area (Å²) in [6.07, 6.45) is 0.502. The largest absolute Gasteiger partial charge is 0.390 e. The molecule has 2 heterocycles. The fraction of sp³-hybridized carbons (Fsp3) is 0.217. The maximum absolute atomic E-state index is 13.1. The van der Waals surface area contributed by atoms with Crippen LogP contribution >= 0.6 is 22.9 Å². The predicted octanol–water partition coefficient (Wildman–Crippen LogP) is 5.55. The molecule has 0 N–H and O–H groups in total. The van der Waals surface area contributed by atoms with Crippen molar-refractivity contribution >= 4 is 34.6 Å². The van der Waals surface area contributed by atoms with Gasteiger partial charge in [-0.25, -0.2) is 0 Å². The van der Waals surface area contributed by atoms with Crippen molar-refractivity contribution in [1.29, 1.82) is 0 Å². The van der Waals surface area contributed by atoms with Crippen molar-refractivity contribution in [3.8, 4) is 0 Å². The summed E-state index contributed by atoms with van der Waals surface area (Å²) in [6, 6.07) is 19.6. The lowest BCUT2D eigenvalue weighted by Gasteiger charge is -2.24. The number of thiophene rings is 1. The van der Waals surface area contributed by atoms with Crippen molar-refractivity contribution < 1.29 is 9.63 Å². The second kappa shape index (κ2) is 8.80. The smallest absolute Gasteiger partial charge is 0.264 e. The number of oxime groups is 1. The number of carbonyl (C=O) groups excluding carboxylic acids is 1. The van der Waals surface area contributed by atoms with Gasteiger partial charge in [-0.1, -0.05) is 64.8 Å². The molecule has 1 aliphatic rings. The summed E-state index contributed by atoms with van der Waals surface area (Å²) >= 11 is 7.57. The van der Waals surface area contributed by atoms with E-state index in [0.717, 1.165) is 16.8 Å². The molecule has 0 bridgehead atoms. The maximum Gasteiger partial charge on any atom is 0.264 e. The van der Waals surface area contributed by atoms with E-state index in [-0.39, 0.29) is 12.0 Å². The molecule has 29 heavy (non-hydrogen) atoms. The van der Waals surface area contributed by atoms with Gasteiger partial charge in [0.05, 0.1) is 17.1 Å². The van der Waals surface area contributed by atoms with E-state index in [2.05, 4.69) is 36.3 Å². The minimum Gasteiger partial charge on any atom is -0.390 e. The molecule has 1 amide bonds. The molecule has 4 rings (SSSR count). The molecule has 0 radical (unpaired) electrons. The molecule has 4 nitrogen and oxygen atoms in total. The summed E-state index contributed by atoms with van der Waals surface area (Å²) in [4.78, 5) is 21.3. The Morgan fingerprint density at radius 3 is 2.76 bits per heavy atom. The number of aryl methyl sites for hydroxylation is 1. The average Bonchev–Trinajstić information content (AvgIpc) is 3.40. The highest BCUT2D eigenvalue weighted by atomic mass is 35.5. The normalized spacial score (nSPS) is 15.7. The summed E-state index contributed by atoms with van der Waals surface area (Å²) < 4.78 is 0. The number of carbonyl (C=O) groups is 1. The van der Waals surface area contributed by atoms with E-state index >= 15 is 0 Å². The van der Waals surface area contributed by atoms with E-state index in [1.165, 1.54) is 16.9 Å². The highest BCUT2D eigenvalue weighted by molar-refractivity contribution is 7.12. The van der Waals surface area contributed by atoms with E-state index in [0.29, 0.717) is 29.4 Å². The molecule has 0 spiro atoms. The van der Waals surface area contributed by atoms with Gasteiger partial charge in [0.1, 0.15) is 0 Å². The minimum atomic E-state index is -0.172. The number of amides is 1. The summed E-state index contributed by atoms with van der Waals surface area (Å²) in [5.41, 5.74) is 4.17. The molecule has 3 aromatic rings. The molecule has 0 saturated carbocycles. The van der Waals surface area contributed by atoms with Crippen LogP contribution in [0.3, 0.4) is 0 Å². The number of halogens is 1. The van der Waals surface area contributed by atoms with Crippen LogP contribution < -0.4 is 0 Å². The van der Waals surface area contributed by atoms with Gasteiger partial charge in [-0.15, -0.1) is 11.3 Å². The summed E-state index contributed by atoms with van der Waals surface area (Å²) in [6.45, 7) is 2.99. The van der Waals surface area contributed by atoms with Crippen LogP contribution in [-0.2, 0) is 11.4 Å². The van der Waals surface area contributed by atoms with Gasteiger partial charge in [0.2, 0.25) is 0 Å². The summed E-state index contributed by atoms with van der Waals surface area (Å²) in [7, 11) is 0. The van der Waals surface area contributed by atoms with Gasteiger partial charge in [-0.3, -0.25) is 4.79 Å². The Morgan fingerprint density at radius 1 is 1.21 bits per heavy atom. The van der Waals surface area contributed by atoms with Gasteiger partial charge in [-0.2, -0.15) is 0 Å². The number of hydrogen-bond donors (Lipinski definition) is 0. The number of nitrogens with zero attached hydrogens (tertiary/aromatic N) is 2. The zero-order valence-electron chi connectivity index (χ0n) is 16.0. The highest BCUT2D eigenvalue weighted by Gasteiger charge is 2.27. The van der Waals surface area contributed by atoms with Crippen LogP contribution in [0.2, 0.25) is 5.02 Å². The van der Waals surface area contributed by atoms with Crippen molar-refractivity contribution in [2.24, 2.45) is 5.16 Å². The van der Waals surface area contributed by atoms with Crippen molar-refractivity contribution in [3.63, 3.8) is 0 Å². The monoisotopic (exact) mass is 424 g/mol. The zero-order chi connectivity index (χ0) is 20.2. The molecule has 0 aliphatic carbocycles. The molecule has 0 fully saturated rings. The van der Waals surface area contributed by atoms with Crippen molar-refractivity contribution in [1.82, 2.24) is 4.90 Å². The molecule has 1 unspecified atom stereocenters. The van der Waals surface area contributed by atoms with Gasteiger partial charge in [0.15, 0.2) is 6.10 Å². The predicted molar refractivity (Wildman–Crippen MR) is 118 cm³/mol. The summed E-state index contributed by atoms with van der Waals surface area (Å²) in [5.74, 6) is -0.00707. The Labute approximate surface area is 179 Å². The minimum absolute atomic E-state index is 0.00707. The molecule has 0 saturated heterocycles. The number of rotatable bonds is 6. The molecule has 1 aliphatic heterocycles. The van der Waals surface area contributed by atoms with E-state index in [1.54, 1.807) is 0 Å². The lowest BCUT2D eigenvalue weighted by Crippen LogP contribution is -2.37. The van der Waals surface area contributed by atoms with Crippen LogP contribution in [0.5, 0.6) is 0 Å². The third kappa shape index (κ3) is 4.86. The lowest BCUT2D eigenvalue weighted by molar-refractivity contribution is 0.0408. The maximum atomic E-state index is 13.1. The van der Waals surface area contributed by atoms with Crippen LogP contribution in [0, 0.1) is 6.92 Å². The Bertz CT molecular complexity index is 1020. The van der Waals surface area contributed by atoms with Gasteiger partial charge in [0, 0.05) is 18.0 Å². The fourth-order valence-corrected chi connectivity index (χ4v) is 4.22. The molecule has 1 aromatic heterocycles. The standard InChI is InChI=1S/C23H21ClN2O2S/c1-16-7-9-18(10-8-16)21-13-20(28-25-21)15-26(23(27)22-6-3-11-29-22)14-17-4-2-5-19(24)12-17/h2-12,20H,13-15H2,1H3. The van der Waals surface area contributed by atoms with E-state index < -0.39 is 0 Å². The third-order valence-electron chi connectivity index (χ3n) is 4.82.